The van der Waals surface area contributed by atoms with Crippen LogP contribution in [0.2, 0.25) is 0 Å². The van der Waals surface area contributed by atoms with Gasteiger partial charge in [-0.3, -0.25) is 0 Å². The second kappa shape index (κ2) is 5.05. The summed E-state index contributed by atoms with van der Waals surface area (Å²) < 4.78 is 0. The van der Waals surface area contributed by atoms with Crippen LogP contribution < -0.4 is 10.4 Å². The van der Waals surface area contributed by atoms with Crippen LogP contribution in [0, 0.1) is 0 Å². The second-order valence-corrected chi connectivity index (χ2v) is 3.47. The van der Waals surface area contributed by atoms with Crippen LogP contribution in [0.5, 0.6) is 0 Å². The minimum atomic E-state index is -1.19. The standard InChI is InChI=1S/C8H13ClN2O3/c9-3-4-10-8(14)11-5-1-2-6(11)7(12)13/h6H,1-5H2,(H,10,14)(H,12,13)/p-1/t6-/m1/s1. The summed E-state index contributed by atoms with van der Waals surface area (Å²) in [7, 11) is 0. The van der Waals surface area contributed by atoms with E-state index in [2.05, 4.69) is 5.32 Å². The molecule has 1 rings (SSSR count). The molecule has 0 saturated carbocycles. The predicted octanol–water partition coefficient (Wildman–Crippen LogP) is -0.851. The SMILES string of the molecule is O=C([O-])[C@H]1CCCN1C(=O)NCCCl. The fourth-order valence-corrected chi connectivity index (χ4v) is 1.61. The van der Waals surface area contributed by atoms with E-state index in [4.69, 9.17) is 11.6 Å². The van der Waals surface area contributed by atoms with E-state index in [0.29, 0.717) is 31.8 Å². The van der Waals surface area contributed by atoms with Crippen molar-refractivity contribution in [1.82, 2.24) is 10.2 Å². The molecule has 1 N–H and O–H groups in total. The lowest BCUT2D eigenvalue weighted by Gasteiger charge is -2.25. The Morgan fingerprint density at radius 2 is 2.29 bits per heavy atom. The topological polar surface area (TPSA) is 72.5 Å². The molecule has 0 aromatic rings. The molecule has 14 heavy (non-hydrogen) atoms. The number of nitrogens with one attached hydrogen (secondary N) is 1. The zero-order chi connectivity index (χ0) is 10.6. The van der Waals surface area contributed by atoms with Crippen LogP contribution in [-0.4, -0.2) is 41.9 Å². The van der Waals surface area contributed by atoms with E-state index in [1.165, 1.54) is 4.90 Å². The lowest BCUT2D eigenvalue weighted by atomic mass is 10.2. The van der Waals surface area contributed by atoms with Gasteiger partial charge in [0, 0.05) is 19.0 Å². The molecule has 0 aliphatic carbocycles. The zero-order valence-corrected chi connectivity index (χ0v) is 8.42. The van der Waals surface area contributed by atoms with Crippen molar-refractivity contribution >= 4 is 23.6 Å². The Morgan fingerprint density at radius 1 is 1.57 bits per heavy atom. The molecule has 1 fully saturated rings. The summed E-state index contributed by atoms with van der Waals surface area (Å²) in [6, 6.07) is -1.16. The van der Waals surface area contributed by atoms with E-state index in [1.807, 2.05) is 0 Å². The maximum atomic E-state index is 11.4. The van der Waals surface area contributed by atoms with Gasteiger partial charge in [-0.15, -0.1) is 11.6 Å². The van der Waals surface area contributed by atoms with E-state index in [1.54, 1.807) is 0 Å². The van der Waals surface area contributed by atoms with Gasteiger partial charge < -0.3 is 20.1 Å². The number of rotatable bonds is 3. The normalized spacial score (nSPS) is 20.9. The molecular weight excluding hydrogens is 208 g/mol. The van der Waals surface area contributed by atoms with Gasteiger partial charge >= 0.3 is 6.03 Å². The highest BCUT2D eigenvalue weighted by Crippen LogP contribution is 2.16. The zero-order valence-electron chi connectivity index (χ0n) is 7.66. The summed E-state index contributed by atoms with van der Waals surface area (Å²) >= 11 is 5.39. The van der Waals surface area contributed by atoms with Crippen molar-refractivity contribution in [2.24, 2.45) is 0 Å². The van der Waals surface area contributed by atoms with E-state index >= 15 is 0 Å². The van der Waals surface area contributed by atoms with Crippen LogP contribution in [0.3, 0.4) is 0 Å². The van der Waals surface area contributed by atoms with Crippen LogP contribution in [0.1, 0.15) is 12.8 Å². The number of carbonyl (C=O) groups excluding carboxylic acids is 2. The quantitative estimate of drug-likeness (QED) is 0.629. The Kier molecular flexibility index (Phi) is 4.00. The summed E-state index contributed by atoms with van der Waals surface area (Å²) in [6.07, 6.45) is 1.17. The van der Waals surface area contributed by atoms with Crippen LogP contribution in [-0.2, 0) is 4.79 Å². The molecule has 0 spiro atoms. The Morgan fingerprint density at radius 3 is 2.86 bits per heavy atom. The van der Waals surface area contributed by atoms with Gasteiger partial charge in [-0.2, -0.15) is 0 Å². The van der Waals surface area contributed by atoms with E-state index in [-0.39, 0.29) is 6.03 Å². The van der Waals surface area contributed by atoms with Gasteiger partial charge in [0.2, 0.25) is 0 Å². The monoisotopic (exact) mass is 219 g/mol. The molecule has 0 bridgehead atoms. The van der Waals surface area contributed by atoms with Crippen molar-refractivity contribution in [1.29, 1.82) is 0 Å². The number of urea groups is 1. The number of nitrogens with zero attached hydrogens (tertiary/aromatic N) is 1. The minimum absolute atomic E-state index is 0.315. The van der Waals surface area contributed by atoms with E-state index in [0.717, 1.165) is 0 Å². The van der Waals surface area contributed by atoms with Gasteiger partial charge in [0.15, 0.2) is 0 Å². The van der Waals surface area contributed by atoms with Gasteiger partial charge in [0.1, 0.15) is 0 Å². The average Bonchev–Trinajstić information content (AvgIpc) is 2.62. The summed E-state index contributed by atoms with van der Waals surface area (Å²) in [4.78, 5) is 23.3. The van der Waals surface area contributed by atoms with E-state index < -0.39 is 12.0 Å². The lowest BCUT2D eigenvalue weighted by Crippen LogP contribution is -2.50. The maximum Gasteiger partial charge on any atom is 0.317 e. The second-order valence-electron chi connectivity index (χ2n) is 3.09. The van der Waals surface area contributed by atoms with Gasteiger partial charge in [0.25, 0.3) is 0 Å². The smallest absolute Gasteiger partial charge is 0.317 e. The van der Waals surface area contributed by atoms with Gasteiger partial charge in [0.05, 0.1) is 12.0 Å². The number of hydrogen-bond acceptors (Lipinski definition) is 3. The first-order chi connectivity index (χ1) is 6.66. The molecule has 0 aromatic carbocycles. The van der Waals surface area contributed by atoms with Crippen LogP contribution >= 0.6 is 11.6 Å². The number of alkyl halides is 1. The van der Waals surface area contributed by atoms with Crippen molar-refractivity contribution in [2.75, 3.05) is 19.0 Å². The first-order valence-corrected chi connectivity index (χ1v) is 5.01. The first kappa shape index (κ1) is 11.1. The summed E-state index contributed by atoms with van der Waals surface area (Å²) in [5.74, 6) is -0.876. The average molecular weight is 220 g/mol. The highest BCUT2D eigenvalue weighted by atomic mass is 35.5. The van der Waals surface area contributed by atoms with Crippen molar-refractivity contribution in [3.8, 4) is 0 Å². The minimum Gasteiger partial charge on any atom is -0.548 e. The van der Waals surface area contributed by atoms with Crippen molar-refractivity contribution in [2.45, 2.75) is 18.9 Å². The van der Waals surface area contributed by atoms with Crippen molar-refractivity contribution < 1.29 is 14.7 Å². The molecule has 0 aromatic heterocycles. The molecule has 1 aliphatic rings. The molecule has 1 saturated heterocycles. The van der Waals surface area contributed by atoms with Gasteiger partial charge in [-0.25, -0.2) is 4.79 Å². The number of carboxylic acid groups (broad SMARTS) is 1. The summed E-state index contributed by atoms with van der Waals surface area (Å²) in [5.41, 5.74) is 0. The summed E-state index contributed by atoms with van der Waals surface area (Å²) in [5, 5.41) is 13.2. The maximum absolute atomic E-state index is 11.4. The van der Waals surface area contributed by atoms with Crippen molar-refractivity contribution in [3.63, 3.8) is 0 Å². The highest BCUT2D eigenvalue weighted by Gasteiger charge is 2.29. The Labute approximate surface area is 87.0 Å². The lowest BCUT2D eigenvalue weighted by molar-refractivity contribution is -0.310. The molecule has 2 amide bonds. The van der Waals surface area contributed by atoms with Crippen LogP contribution in [0.25, 0.3) is 0 Å². The van der Waals surface area contributed by atoms with Crippen molar-refractivity contribution in [3.05, 3.63) is 0 Å². The number of halogens is 1. The Bertz CT molecular complexity index is 235. The third kappa shape index (κ3) is 2.51. The highest BCUT2D eigenvalue weighted by molar-refractivity contribution is 6.18. The number of aliphatic carboxylic acids is 1. The third-order valence-electron chi connectivity index (χ3n) is 2.16. The molecule has 6 heteroatoms. The van der Waals surface area contributed by atoms with Crippen LogP contribution in [0.15, 0.2) is 0 Å². The molecule has 5 nitrogen and oxygen atoms in total. The summed E-state index contributed by atoms with van der Waals surface area (Å²) in [6.45, 7) is 0.809. The fourth-order valence-electron chi connectivity index (χ4n) is 1.51. The number of hydrogen-bond donors (Lipinski definition) is 1. The molecule has 1 aliphatic heterocycles. The molecule has 0 radical (unpaired) electrons. The number of likely N-dealkylation sites (tertiary alicyclic amines) is 1. The molecule has 1 atom stereocenters. The number of carbonyl (C=O) groups is 2. The molecular formula is C8H12ClN2O3-. The molecule has 0 unspecified atom stereocenters. The molecule has 80 valence electrons. The Balaban J connectivity index is 2.49. The third-order valence-corrected chi connectivity index (χ3v) is 2.35. The van der Waals surface area contributed by atoms with Gasteiger partial charge in [-0.1, -0.05) is 0 Å². The Hall–Kier alpha value is -0.970. The van der Waals surface area contributed by atoms with E-state index in [9.17, 15) is 14.7 Å². The van der Waals surface area contributed by atoms with Crippen LogP contribution in [0.4, 0.5) is 4.79 Å². The number of amides is 2. The number of carboxylic acids is 1. The first-order valence-electron chi connectivity index (χ1n) is 4.48. The fraction of sp³-hybridized carbons (Fsp3) is 0.750. The molecule has 1 heterocycles. The largest absolute Gasteiger partial charge is 0.548 e. The van der Waals surface area contributed by atoms with Gasteiger partial charge in [-0.05, 0) is 12.8 Å². The predicted molar refractivity (Wildman–Crippen MR) is 48.9 cm³/mol.